The first-order valence-electron chi connectivity index (χ1n) is 8.00. The minimum Gasteiger partial charge on any atom is -0.313 e. The van der Waals surface area contributed by atoms with Crippen LogP contribution in [0.25, 0.3) is 0 Å². The van der Waals surface area contributed by atoms with Gasteiger partial charge >= 0.3 is 0 Å². The van der Waals surface area contributed by atoms with Gasteiger partial charge in [0.1, 0.15) is 0 Å². The minimum absolute atomic E-state index is 0.478. The molecule has 2 nitrogen and oxygen atoms in total. The van der Waals surface area contributed by atoms with Crippen molar-refractivity contribution >= 4 is 0 Å². The summed E-state index contributed by atoms with van der Waals surface area (Å²) in [4.78, 5) is 2.63. The van der Waals surface area contributed by atoms with Gasteiger partial charge in [-0.05, 0) is 56.7 Å². The van der Waals surface area contributed by atoms with Crippen LogP contribution in [-0.4, -0.2) is 37.1 Å². The molecule has 0 saturated heterocycles. The van der Waals surface area contributed by atoms with Crippen LogP contribution in [-0.2, 0) is 0 Å². The molecule has 0 amide bonds. The monoisotopic (exact) mass is 254 g/mol. The zero-order chi connectivity index (χ0) is 13.6. The zero-order valence-corrected chi connectivity index (χ0v) is 13.3. The summed E-state index contributed by atoms with van der Waals surface area (Å²) in [5.41, 5.74) is 0.478. The van der Waals surface area contributed by atoms with Crippen LogP contribution in [0.5, 0.6) is 0 Å². The van der Waals surface area contributed by atoms with Gasteiger partial charge in [-0.15, -0.1) is 0 Å². The Hall–Kier alpha value is -0.0800. The Morgan fingerprint density at radius 2 is 1.89 bits per heavy atom. The molecule has 0 radical (unpaired) electrons. The van der Waals surface area contributed by atoms with E-state index in [1.165, 1.54) is 51.9 Å². The highest BCUT2D eigenvalue weighted by atomic mass is 15.1. The van der Waals surface area contributed by atoms with Crippen molar-refractivity contribution in [3.05, 3.63) is 0 Å². The Labute approximate surface area is 115 Å². The van der Waals surface area contributed by atoms with Crippen LogP contribution in [0, 0.1) is 11.3 Å². The van der Waals surface area contributed by atoms with Crippen LogP contribution in [0.2, 0.25) is 0 Å². The van der Waals surface area contributed by atoms with E-state index in [2.05, 4.69) is 44.8 Å². The highest BCUT2D eigenvalue weighted by Gasteiger charge is 2.41. The molecule has 0 aromatic rings. The largest absolute Gasteiger partial charge is 0.313 e. The summed E-state index contributed by atoms with van der Waals surface area (Å²) in [5.74, 6) is 0.845. The second kappa shape index (κ2) is 7.49. The molecular formula is C16H34N2. The second-order valence-corrected chi connectivity index (χ2v) is 6.61. The third-order valence-corrected chi connectivity index (χ3v) is 4.57. The summed E-state index contributed by atoms with van der Waals surface area (Å²) in [5, 5.41) is 3.82. The molecule has 1 saturated carbocycles. The molecule has 108 valence electrons. The lowest BCUT2D eigenvalue weighted by atomic mass is 9.84. The van der Waals surface area contributed by atoms with Crippen molar-refractivity contribution in [3.8, 4) is 0 Å². The third kappa shape index (κ3) is 4.24. The quantitative estimate of drug-likeness (QED) is 0.713. The predicted octanol–water partition coefficient (Wildman–Crippen LogP) is 3.52. The van der Waals surface area contributed by atoms with Gasteiger partial charge in [-0.25, -0.2) is 0 Å². The molecule has 0 bridgehead atoms. The molecule has 0 aromatic heterocycles. The topological polar surface area (TPSA) is 15.3 Å². The Morgan fingerprint density at radius 3 is 2.44 bits per heavy atom. The SMILES string of the molecule is CCCNC1C(CN(CC)CCC)CCC1(C)C. The lowest BCUT2D eigenvalue weighted by Gasteiger charge is -2.34. The minimum atomic E-state index is 0.478. The smallest absolute Gasteiger partial charge is 0.0159 e. The fraction of sp³-hybridized carbons (Fsp3) is 1.00. The van der Waals surface area contributed by atoms with Crippen molar-refractivity contribution in [3.63, 3.8) is 0 Å². The zero-order valence-electron chi connectivity index (χ0n) is 13.3. The van der Waals surface area contributed by atoms with Gasteiger partial charge in [-0.1, -0.05) is 34.6 Å². The van der Waals surface area contributed by atoms with Gasteiger partial charge in [0, 0.05) is 12.6 Å². The van der Waals surface area contributed by atoms with Crippen molar-refractivity contribution in [1.82, 2.24) is 10.2 Å². The lowest BCUT2D eigenvalue weighted by Crippen LogP contribution is -2.46. The molecule has 0 aromatic carbocycles. The van der Waals surface area contributed by atoms with Crippen LogP contribution in [0.3, 0.4) is 0 Å². The van der Waals surface area contributed by atoms with Gasteiger partial charge in [-0.2, -0.15) is 0 Å². The van der Waals surface area contributed by atoms with Crippen LogP contribution < -0.4 is 5.32 Å². The highest BCUT2D eigenvalue weighted by molar-refractivity contribution is 4.97. The summed E-state index contributed by atoms with van der Waals surface area (Å²) in [7, 11) is 0. The molecule has 1 aliphatic carbocycles. The molecule has 1 fully saturated rings. The molecule has 0 spiro atoms. The molecule has 2 atom stereocenters. The van der Waals surface area contributed by atoms with Gasteiger partial charge < -0.3 is 10.2 Å². The van der Waals surface area contributed by atoms with E-state index in [4.69, 9.17) is 0 Å². The first kappa shape index (κ1) is 16.0. The first-order chi connectivity index (χ1) is 8.55. The maximum absolute atomic E-state index is 3.82. The van der Waals surface area contributed by atoms with E-state index < -0.39 is 0 Å². The number of hydrogen-bond donors (Lipinski definition) is 1. The summed E-state index contributed by atoms with van der Waals surface area (Å²) in [6, 6.07) is 0.711. The van der Waals surface area contributed by atoms with Crippen LogP contribution >= 0.6 is 0 Å². The Bertz CT molecular complexity index is 225. The molecule has 0 heterocycles. The Kier molecular flexibility index (Phi) is 6.65. The van der Waals surface area contributed by atoms with Crippen LogP contribution in [0.15, 0.2) is 0 Å². The molecule has 2 unspecified atom stereocenters. The van der Waals surface area contributed by atoms with E-state index in [-0.39, 0.29) is 0 Å². The average molecular weight is 254 g/mol. The van der Waals surface area contributed by atoms with E-state index in [1.807, 2.05) is 0 Å². The van der Waals surface area contributed by atoms with Gasteiger partial charge in [0.25, 0.3) is 0 Å². The molecule has 18 heavy (non-hydrogen) atoms. The molecule has 1 rings (SSSR count). The van der Waals surface area contributed by atoms with Crippen LogP contribution in [0.4, 0.5) is 0 Å². The predicted molar refractivity (Wildman–Crippen MR) is 81.0 cm³/mol. The third-order valence-electron chi connectivity index (χ3n) is 4.57. The van der Waals surface area contributed by atoms with Gasteiger partial charge in [0.05, 0.1) is 0 Å². The van der Waals surface area contributed by atoms with Gasteiger partial charge in [-0.3, -0.25) is 0 Å². The van der Waals surface area contributed by atoms with E-state index in [1.54, 1.807) is 0 Å². The van der Waals surface area contributed by atoms with Crippen molar-refractivity contribution in [2.75, 3.05) is 26.2 Å². The molecule has 1 N–H and O–H groups in total. The highest BCUT2D eigenvalue weighted by Crippen LogP contribution is 2.41. The Morgan fingerprint density at radius 1 is 1.17 bits per heavy atom. The first-order valence-corrected chi connectivity index (χ1v) is 8.00. The number of nitrogens with one attached hydrogen (secondary N) is 1. The van der Waals surface area contributed by atoms with Crippen molar-refractivity contribution < 1.29 is 0 Å². The number of rotatable bonds is 8. The summed E-state index contributed by atoms with van der Waals surface area (Å²) < 4.78 is 0. The lowest BCUT2D eigenvalue weighted by molar-refractivity contribution is 0.188. The van der Waals surface area contributed by atoms with E-state index in [9.17, 15) is 0 Å². The van der Waals surface area contributed by atoms with Crippen molar-refractivity contribution in [2.45, 2.75) is 66.3 Å². The fourth-order valence-electron chi connectivity index (χ4n) is 3.48. The van der Waals surface area contributed by atoms with E-state index in [0.717, 1.165) is 5.92 Å². The summed E-state index contributed by atoms with van der Waals surface area (Å²) in [6.07, 6.45) is 5.29. The summed E-state index contributed by atoms with van der Waals surface area (Å²) in [6.45, 7) is 16.6. The maximum Gasteiger partial charge on any atom is 0.0159 e. The van der Waals surface area contributed by atoms with Gasteiger partial charge in [0.2, 0.25) is 0 Å². The molecular weight excluding hydrogens is 220 g/mol. The Balaban J connectivity index is 2.57. The van der Waals surface area contributed by atoms with E-state index in [0.29, 0.717) is 11.5 Å². The maximum atomic E-state index is 3.82. The van der Waals surface area contributed by atoms with Crippen molar-refractivity contribution in [1.29, 1.82) is 0 Å². The van der Waals surface area contributed by atoms with Gasteiger partial charge in [0.15, 0.2) is 0 Å². The molecule has 2 heteroatoms. The molecule has 0 aliphatic heterocycles. The normalized spacial score (nSPS) is 27.0. The average Bonchev–Trinajstić information content (AvgIpc) is 2.61. The number of nitrogens with zero attached hydrogens (tertiary/aromatic N) is 1. The standard InChI is InChI=1S/C16H34N2/c1-6-11-17-15-14(9-10-16(15,4)5)13-18(8-3)12-7-2/h14-15,17H,6-13H2,1-5H3. The summed E-state index contributed by atoms with van der Waals surface area (Å²) >= 11 is 0. The number of hydrogen-bond acceptors (Lipinski definition) is 2. The fourth-order valence-corrected chi connectivity index (χ4v) is 3.48. The van der Waals surface area contributed by atoms with Crippen molar-refractivity contribution in [2.24, 2.45) is 11.3 Å². The van der Waals surface area contributed by atoms with Crippen LogP contribution in [0.1, 0.15) is 60.3 Å². The molecule has 1 aliphatic rings. The second-order valence-electron chi connectivity index (χ2n) is 6.61. The van der Waals surface area contributed by atoms with E-state index >= 15 is 0 Å².